The summed E-state index contributed by atoms with van der Waals surface area (Å²) in [6.45, 7) is 2.05. The van der Waals surface area contributed by atoms with Gasteiger partial charge in [-0.25, -0.2) is 10.5 Å². The van der Waals surface area contributed by atoms with E-state index < -0.39 is 0 Å². The van der Waals surface area contributed by atoms with Gasteiger partial charge in [-0.1, -0.05) is 24.3 Å². The van der Waals surface area contributed by atoms with Crippen molar-refractivity contribution in [2.24, 2.45) is 0 Å². The largest absolute Gasteiger partial charge is 0.291 e. The molecule has 1 aliphatic rings. The van der Waals surface area contributed by atoms with Crippen LogP contribution in [0.2, 0.25) is 0 Å². The Morgan fingerprint density at radius 1 is 1.28 bits per heavy atom. The molecule has 0 saturated heterocycles. The van der Waals surface area contributed by atoms with Crippen molar-refractivity contribution in [3.8, 4) is 10.4 Å². The molecule has 94 valence electrons. The van der Waals surface area contributed by atoms with Crippen molar-refractivity contribution in [1.29, 1.82) is 0 Å². The molecule has 2 aromatic rings. The van der Waals surface area contributed by atoms with E-state index in [9.17, 15) is 0 Å². The summed E-state index contributed by atoms with van der Waals surface area (Å²) in [5, 5.41) is 0. The van der Waals surface area contributed by atoms with Gasteiger partial charge < -0.3 is 0 Å². The van der Waals surface area contributed by atoms with Crippen LogP contribution >= 0.6 is 11.3 Å². The monoisotopic (exact) mass is 260 g/mol. The summed E-state index contributed by atoms with van der Waals surface area (Å²) in [6.07, 6.45) is 2.18. The molecule has 1 aliphatic carbocycles. The standard InChI is InChI=1S/C14H16N2OS/c1-10-13(18-9-16-10)11-3-5-12(6-4-11)14(7-8-14)17-15-2/h3-6,9,15H,7-8H2,1-2H3. The topological polar surface area (TPSA) is 34.1 Å². The van der Waals surface area contributed by atoms with Crippen LogP contribution < -0.4 is 5.48 Å². The van der Waals surface area contributed by atoms with Gasteiger partial charge in [0.2, 0.25) is 0 Å². The van der Waals surface area contributed by atoms with Crippen LogP contribution in [-0.2, 0) is 10.4 Å². The first kappa shape index (κ1) is 11.8. The minimum absolute atomic E-state index is 0.0873. The molecule has 0 unspecified atom stereocenters. The van der Waals surface area contributed by atoms with E-state index >= 15 is 0 Å². The SMILES string of the molecule is CNOC1(c2ccc(-c3scnc3C)cc2)CC1. The summed E-state index contributed by atoms with van der Waals surface area (Å²) >= 11 is 1.69. The van der Waals surface area contributed by atoms with Crippen LogP contribution in [0.4, 0.5) is 0 Å². The van der Waals surface area contributed by atoms with E-state index in [1.165, 1.54) is 16.0 Å². The number of hydroxylamine groups is 1. The highest BCUT2D eigenvalue weighted by molar-refractivity contribution is 7.13. The van der Waals surface area contributed by atoms with Gasteiger partial charge in [0.05, 0.1) is 16.1 Å². The Balaban J connectivity index is 1.88. The zero-order valence-electron chi connectivity index (χ0n) is 10.6. The molecule has 1 saturated carbocycles. The summed E-state index contributed by atoms with van der Waals surface area (Å²) in [6, 6.07) is 8.65. The fraction of sp³-hybridized carbons (Fsp3) is 0.357. The molecule has 1 aromatic carbocycles. The fourth-order valence-electron chi connectivity index (χ4n) is 2.26. The Bertz CT molecular complexity index is 543. The number of hydrogen-bond donors (Lipinski definition) is 1. The van der Waals surface area contributed by atoms with Gasteiger partial charge in [0.1, 0.15) is 5.60 Å². The minimum atomic E-state index is -0.0873. The molecule has 1 heterocycles. The molecule has 0 aliphatic heterocycles. The summed E-state index contributed by atoms with van der Waals surface area (Å²) in [7, 11) is 1.81. The van der Waals surface area contributed by atoms with Crippen molar-refractivity contribution in [2.75, 3.05) is 7.05 Å². The third kappa shape index (κ3) is 1.96. The normalized spacial score (nSPS) is 16.8. The zero-order valence-corrected chi connectivity index (χ0v) is 11.4. The van der Waals surface area contributed by atoms with Crippen molar-refractivity contribution in [3.05, 3.63) is 41.0 Å². The lowest BCUT2D eigenvalue weighted by Crippen LogP contribution is -2.20. The zero-order chi connectivity index (χ0) is 12.6. The third-order valence-electron chi connectivity index (χ3n) is 3.42. The summed E-state index contributed by atoms with van der Waals surface area (Å²) in [5.41, 5.74) is 8.20. The van der Waals surface area contributed by atoms with Crippen LogP contribution in [0.5, 0.6) is 0 Å². The second-order valence-electron chi connectivity index (χ2n) is 4.64. The average molecular weight is 260 g/mol. The maximum Gasteiger partial charge on any atom is 0.115 e. The van der Waals surface area contributed by atoms with Crippen LogP contribution in [0.3, 0.4) is 0 Å². The van der Waals surface area contributed by atoms with E-state index in [2.05, 4.69) is 34.7 Å². The van der Waals surface area contributed by atoms with E-state index in [1.807, 2.05) is 19.5 Å². The van der Waals surface area contributed by atoms with Gasteiger partial charge in [-0.3, -0.25) is 4.84 Å². The first-order valence-corrected chi connectivity index (χ1v) is 6.99. The van der Waals surface area contributed by atoms with Gasteiger partial charge >= 0.3 is 0 Å². The molecule has 18 heavy (non-hydrogen) atoms. The molecular formula is C14H16N2OS. The lowest BCUT2D eigenvalue weighted by atomic mass is 10.0. The van der Waals surface area contributed by atoms with E-state index in [0.29, 0.717) is 0 Å². The first-order chi connectivity index (χ1) is 8.75. The number of nitrogens with zero attached hydrogens (tertiary/aromatic N) is 1. The maximum absolute atomic E-state index is 5.62. The van der Waals surface area contributed by atoms with Crippen LogP contribution in [-0.4, -0.2) is 12.0 Å². The Morgan fingerprint density at radius 3 is 2.50 bits per heavy atom. The number of hydrogen-bond acceptors (Lipinski definition) is 4. The third-order valence-corrected chi connectivity index (χ3v) is 4.40. The van der Waals surface area contributed by atoms with E-state index in [4.69, 9.17) is 4.84 Å². The number of benzene rings is 1. The first-order valence-electron chi connectivity index (χ1n) is 6.11. The molecule has 1 N–H and O–H groups in total. The molecule has 0 bridgehead atoms. The van der Waals surface area contributed by atoms with Gasteiger partial charge in [0, 0.05) is 7.05 Å². The highest BCUT2D eigenvalue weighted by Crippen LogP contribution is 2.48. The van der Waals surface area contributed by atoms with Crippen molar-refractivity contribution in [1.82, 2.24) is 10.5 Å². The molecular weight excluding hydrogens is 244 g/mol. The highest BCUT2D eigenvalue weighted by Gasteiger charge is 2.46. The highest BCUT2D eigenvalue weighted by atomic mass is 32.1. The second-order valence-corrected chi connectivity index (χ2v) is 5.50. The Morgan fingerprint density at radius 2 is 2.00 bits per heavy atom. The minimum Gasteiger partial charge on any atom is -0.291 e. The summed E-state index contributed by atoms with van der Waals surface area (Å²) < 4.78 is 0. The molecule has 0 radical (unpaired) electrons. The van der Waals surface area contributed by atoms with Gasteiger partial charge in [0.25, 0.3) is 0 Å². The molecule has 1 aromatic heterocycles. The van der Waals surface area contributed by atoms with E-state index in [0.717, 1.165) is 18.5 Å². The van der Waals surface area contributed by atoms with Gasteiger partial charge in [-0.05, 0) is 30.9 Å². The molecule has 4 heteroatoms. The van der Waals surface area contributed by atoms with E-state index in [1.54, 1.807) is 11.3 Å². The van der Waals surface area contributed by atoms with Gasteiger partial charge in [0.15, 0.2) is 0 Å². The van der Waals surface area contributed by atoms with Crippen LogP contribution in [0, 0.1) is 6.92 Å². The van der Waals surface area contributed by atoms with E-state index in [-0.39, 0.29) is 5.60 Å². The Hall–Kier alpha value is -1.23. The fourth-order valence-corrected chi connectivity index (χ4v) is 3.07. The molecule has 0 spiro atoms. The number of rotatable bonds is 4. The maximum atomic E-state index is 5.62. The van der Waals surface area contributed by atoms with Crippen molar-refractivity contribution < 1.29 is 4.84 Å². The van der Waals surface area contributed by atoms with Crippen molar-refractivity contribution in [3.63, 3.8) is 0 Å². The molecule has 0 amide bonds. The lowest BCUT2D eigenvalue weighted by Gasteiger charge is -2.15. The predicted octanol–water partition coefficient (Wildman–Crippen LogP) is 3.26. The van der Waals surface area contributed by atoms with Crippen LogP contribution in [0.1, 0.15) is 24.1 Å². The molecule has 3 rings (SSSR count). The number of aromatic nitrogens is 1. The Labute approximate surface area is 111 Å². The number of aryl methyl sites for hydroxylation is 1. The van der Waals surface area contributed by atoms with Crippen molar-refractivity contribution >= 4 is 11.3 Å². The summed E-state index contributed by atoms with van der Waals surface area (Å²) in [4.78, 5) is 11.2. The van der Waals surface area contributed by atoms with Gasteiger partial charge in [-0.2, -0.15) is 0 Å². The number of nitrogens with one attached hydrogen (secondary N) is 1. The molecule has 1 fully saturated rings. The van der Waals surface area contributed by atoms with Crippen LogP contribution in [0.15, 0.2) is 29.8 Å². The van der Waals surface area contributed by atoms with Crippen molar-refractivity contribution in [2.45, 2.75) is 25.4 Å². The molecule has 3 nitrogen and oxygen atoms in total. The molecule has 0 atom stereocenters. The number of thiazole rings is 1. The van der Waals surface area contributed by atoms with Gasteiger partial charge in [-0.15, -0.1) is 11.3 Å². The predicted molar refractivity (Wildman–Crippen MR) is 73.3 cm³/mol. The summed E-state index contributed by atoms with van der Waals surface area (Å²) in [5.74, 6) is 0. The average Bonchev–Trinajstić information content (AvgIpc) is 3.05. The van der Waals surface area contributed by atoms with Crippen LogP contribution in [0.25, 0.3) is 10.4 Å². The Kier molecular flexibility index (Phi) is 2.93. The lowest BCUT2D eigenvalue weighted by molar-refractivity contribution is -0.0343. The smallest absolute Gasteiger partial charge is 0.115 e. The quantitative estimate of drug-likeness (QED) is 0.857. The second kappa shape index (κ2) is 4.46.